The van der Waals surface area contributed by atoms with E-state index in [0.717, 1.165) is 6.42 Å². The van der Waals surface area contributed by atoms with Gasteiger partial charge in [0.2, 0.25) is 0 Å². The summed E-state index contributed by atoms with van der Waals surface area (Å²) in [6.07, 6.45) is 1.79. The molecule has 0 bridgehead atoms. The van der Waals surface area contributed by atoms with Crippen molar-refractivity contribution in [1.82, 2.24) is 0 Å². The molecule has 4 nitrogen and oxygen atoms in total. The van der Waals surface area contributed by atoms with Crippen LogP contribution >= 0.6 is 8.25 Å². The monoisotopic (exact) mass is 165 g/mol. The van der Waals surface area contributed by atoms with Crippen molar-refractivity contribution < 1.29 is 18.8 Å². The zero-order valence-electron chi connectivity index (χ0n) is 5.74. The molecule has 58 valence electrons. The van der Waals surface area contributed by atoms with Gasteiger partial charge in [0.25, 0.3) is 0 Å². The van der Waals surface area contributed by atoms with Crippen LogP contribution in [0.3, 0.4) is 0 Å². The largest absolute Gasteiger partial charge is 0.750 e. The Morgan fingerprint density at radius 3 is 2.70 bits per heavy atom. The van der Waals surface area contributed by atoms with Crippen LogP contribution in [0.1, 0.15) is 26.2 Å². The predicted molar refractivity (Wildman–Crippen MR) is 35.4 cm³/mol. The number of carbonyl (C=O) groups is 1. The van der Waals surface area contributed by atoms with E-state index in [1.807, 2.05) is 6.92 Å². The molecule has 0 rings (SSSR count). The molecular weight excluding hydrogens is 155 g/mol. The fourth-order valence-electron chi connectivity index (χ4n) is 0.454. The summed E-state index contributed by atoms with van der Waals surface area (Å²) >= 11 is 0. The fraction of sp³-hybridized carbons (Fsp3) is 0.800. The number of unbranched alkanes of at least 4 members (excludes halogenated alkanes) is 1. The maximum absolute atomic E-state index is 10.4. The fourth-order valence-corrected chi connectivity index (χ4v) is 0.719. The van der Waals surface area contributed by atoms with E-state index in [9.17, 15) is 9.36 Å². The van der Waals surface area contributed by atoms with Crippen LogP contribution in [-0.2, 0) is 13.9 Å². The summed E-state index contributed by atoms with van der Waals surface area (Å²) in [5.41, 5.74) is 0. The van der Waals surface area contributed by atoms with E-state index >= 15 is 0 Å². The first-order chi connectivity index (χ1) is 4.66. The average molecular weight is 165 g/mol. The molecule has 0 aromatic rings. The second-order valence-corrected chi connectivity index (χ2v) is 2.46. The lowest BCUT2D eigenvalue weighted by Gasteiger charge is -1.87. The third kappa shape index (κ3) is 5.66. The van der Waals surface area contributed by atoms with Crippen LogP contribution < -0.4 is 0 Å². The van der Waals surface area contributed by atoms with E-state index in [-0.39, 0.29) is 6.42 Å². The first kappa shape index (κ1) is 9.53. The average Bonchev–Trinajstić information content (AvgIpc) is 1.82. The predicted octanol–water partition coefficient (Wildman–Crippen LogP) is 1.37. The number of carbonyl (C=O) groups excluding carboxylic acids is 1. The number of hydrogen-bond donors (Lipinski definition) is 1. The third-order valence-corrected chi connectivity index (χ3v) is 1.27. The van der Waals surface area contributed by atoms with E-state index in [0.29, 0.717) is 6.42 Å². The lowest BCUT2D eigenvalue weighted by molar-refractivity contribution is -0.134. The molecule has 0 aromatic carbocycles. The van der Waals surface area contributed by atoms with Gasteiger partial charge in [-0.1, -0.05) is 13.3 Å². The Morgan fingerprint density at radius 1 is 1.70 bits per heavy atom. The zero-order chi connectivity index (χ0) is 7.98. The van der Waals surface area contributed by atoms with Crippen LogP contribution in [0.2, 0.25) is 0 Å². The highest BCUT2D eigenvalue weighted by Crippen LogP contribution is 2.16. The minimum absolute atomic E-state index is 0.220. The molecule has 0 aliphatic carbocycles. The van der Waals surface area contributed by atoms with Crippen LogP contribution in [0.4, 0.5) is 0 Å². The quantitative estimate of drug-likeness (QED) is 0.639. The topological polar surface area (TPSA) is 63.6 Å². The molecule has 0 amide bonds. The molecule has 5 heteroatoms. The smallest absolute Gasteiger partial charge is 0.247 e. The molecule has 0 aliphatic rings. The van der Waals surface area contributed by atoms with Crippen LogP contribution in [0, 0.1) is 0 Å². The molecule has 0 saturated heterocycles. The van der Waals surface area contributed by atoms with Crippen LogP contribution in [0.15, 0.2) is 0 Å². The summed E-state index contributed by atoms with van der Waals surface area (Å²) < 4.78 is 13.9. The molecule has 0 aromatic heterocycles. The van der Waals surface area contributed by atoms with E-state index < -0.39 is 14.2 Å². The van der Waals surface area contributed by atoms with Gasteiger partial charge in [0, 0.05) is 4.57 Å². The van der Waals surface area contributed by atoms with Crippen molar-refractivity contribution in [3.8, 4) is 0 Å². The van der Waals surface area contributed by atoms with Crippen molar-refractivity contribution in [3.05, 3.63) is 0 Å². The molecule has 0 aliphatic heterocycles. The second kappa shape index (κ2) is 5.33. The van der Waals surface area contributed by atoms with E-state index in [2.05, 4.69) is 4.52 Å². The summed E-state index contributed by atoms with van der Waals surface area (Å²) in [4.78, 5) is 18.5. The van der Waals surface area contributed by atoms with Gasteiger partial charge in [0.1, 0.15) is 0 Å². The maximum Gasteiger partial charge on any atom is 0.750 e. The molecule has 10 heavy (non-hydrogen) atoms. The summed E-state index contributed by atoms with van der Waals surface area (Å²) in [5, 5.41) is 0. The Kier molecular flexibility index (Phi) is 5.08. The summed E-state index contributed by atoms with van der Waals surface area (Å²) in [5.74, 6) is -0.606. The summed E-state index contributed by atoms with van der Waals surface area (Å²) in [6, 6.07) is 0. The van der Waals surface area contributed by atoms with Gasteiger partial charge in [0.15, 0.2) is 0 Å². The van der Waals surface area contributed by atoms with E-state index in [4.69, 9.17) is 4.89 Å². The Bertz CT molecular complexity index is 134. The molecule has 0 heterocycles. The Hall–Kier alpha value is -0.470. The number of hydrogen-bond acceptors (Lipinski definition) is 3. The van der Waals surface area contributed by atoms with Gasteiger partial charge in [-0.05, 0) is 6.42 Å². The highest BCUT2D eigenvalue weighted by atomic mass is 31.1. The molecular formula is C5H10O4P+. The van der Waals surface area contributed by atoms with Crippen LogP contribution in [0.25, 0.3) is 0 Å². The first-order valence-electron chi connectivity index (χ1n) is 3.03. The van der Waals surface area contributed by atoms with Crippen molar-refractivity contribution in [2.24, 2.45) is 0 Å². The molecule has 0 spiro atoms. The van der Waals surface area contributed by atoms with Gasteiger partial charge in [-0.25, -0.2) is 4.79 Å². The molecule has 1 N–H and O–H groups in total. The summed E-state index contributed by atoms with van der Waals surface area (Å²) in [7, 11) is -2.76. The molecule has 1 atom stereocenters. The van der Waals surface area contributed by atoms with Gasteiger partial charge in [-0.15, -0.1) is 4.89 Å². The van der Waals surface area contributed by atoms with Gasteiger partial charge < -0.3 is 0 Å². The van der Waals surface area contributed by atoms with E-state index in [1.54, 1.807) is 0 Å². The zero-order valence-corrected chi connectivity index (χ0v) is 6.63. The molecule has 0 saturated carbocycles. The second-order valence-electron chi connectivity index (χ2n) is 1.80. The minimum Gasteiger partial charge on any atom is -0.247 e. The van der Waals surface area contributed by atoms with Gasteiger partial charge in [-0.2, -0.15) is 4.52 Å². The SMILES string of the molecule is CCCCC(=O)O[P+](=O)O. The normalized spacial score (nSPS) is 10.8. The van der Waals surface area contributed by atoms with Crippen LogP contribution in [0.5, 0.6) is 0 Å². The lowest BCUT2D eigenvalue weighted by Crippen LogP contribution is -1.97. The molecule has 0 radical (unpaired) electrons. The van der Waals surface area contributed by atoms with Crippen molar-refractivity contribution in [2.45, 2.75) is 26.2 Å². The Labute approximate surface area is 60.1 Å². The first-order valence-corrected chi connectivity index (χ1v) is 4.16. The lowest BCUT2D eigenvalue weighted by atomic mass is 10.3. The standard InChI is InChI=1S/C5H9O4P/c1-2-3-4-5(6)9-10(7)8/h2-4H2,1H3/p+1. The van der Waals surface area contributed by atoms with Crippen molar-refractivity contribution >= 4 is 14.2 Å². The number of rotatable bonds is 4. The third-order valence-electron chi connectivity index (χ3n) is 0.914. The highest BCUT2D eigenvalue weighted by Gasteiger charge is 2.18. The maximum atomic E-state index is 10.4. The van der Waals surface area contributed by atoms with Gasteiger partial charge in [-0.3, -0.25) is 0 Å². The van der Waals surface area contributed by atoms with Crippen molar-refractivity contribution in [3.63, 3.8) is 0 Å². The summed E-state index contributed by atoms with van der Waals surface area (Å²) in [6.45, 7) is 1.92. The Morgan fingerprint density at radius 2 is 2.30 bits per heavy atom. The van der Waals surface area contributed by atoms with Crippen molar-refractivity contribution in [2.75, 3.05) is 0 Å². The Balaban J connectivity index is 3.35. The molecule has 0 fully saturated rings. The van der Waals surface area contributed by atoms with Gasteiger partial charge >= 0.3 is 14.2 Å². The van der Waals surface area contributed by atoms with Gasteiger partial charge in [0.05, 0.1) is 6.42 Å². The van der Waals surface area contributed by atoms with Crippen LogP contribution in [-0.4, -0.2) is 10.9 Å². The van der Waals surface area contributed by atoms with E-state index in [1.165, 1.54) is 0 Å². The minimum atomic E-state index is -2.76. The van der Waals surface area contributed by atoms with Crippen molar-refractivity contribution in [1.29, 1.82) is 0 Å². The molecule has 1 unspecified atom stereocenters. The highest BCUT2D eigenvalue weighted by molar-refractivity contribution is 7.32.